The summed E-state index contributed by atoms with van der Waals surface area (Å²) in [5.74, 6) is -0.124. The fourth-order valence-corrected chi connectivity index (χ4v) is 1.61. The van der Waals surface area contributed by atoms with E-state index in [9.17, 15) is 4.79 Å². The zero-order valence-corrected chi connectivity index (χ0v) is 9.86. The van der Waals surface area contributed by atoms with Crippen LogP contribution in [0.25, 0.3) is 11.0 Å². The first-order chi connectivity index (χ1) is 8.06. The summed E-state index contributed by atoms with van der Waals surface area (Å²) in [5.41, 5.74) is 0.862. The number of carboxylic acids is 1. The standard InChI is InChI=1S/C13H15NO3/c1-8(2)14-7-11-5-9-3-4-10(13(15)16)6-12(9)17-11/h3-6,8,14H,7H2,1-2H3,(H,15,16). The molecule has 2 aromatic rings. The maximum atomic E-state index is 10.8. The van der Waals surface area contributed by atoms with Gasteiger partial charge in [0, 0.05) is 11.4 Å². The second-order valence-corrected chi connectivity index (χ2v) is 4.31. The summed E-state index contributed by atoms with van der Waals surface area (Å²) in [4.78, 5) is 10.8. The van der Waals surface area contributed by atoms with Gasteiger partial charge in [-0.3, -0.25) is 0 Å². The van der Waals surface area contributed by atoms with Crippen LogP contribution in [0.5, 0.6) is 0 Å². The number of nitrogens with one attached hydrogen (secondary N) is 1. The van der Waals surface area contributed by atoms with Crippen molar-refractivity contribution in [2.24, 2.45) is 0 Å². The van der Waals surface area contributed by atoms with E-state index in [-0.39, 0.29) is 5.56 Å². The lowest BCUT2D eigenvalue weighted by molar-refractivity contribution is 0.0697. The minimum absolute atomic E-state index is 0.246. The van der Waals surface area contributed by atoms with Gasteiger partial charge in [0.05, 0.1) is 12.1 Å². The van der Waals surface area contributed by atoms with Crippen molar-refractivity contribution >= 4 is 16.9 Å². The van der Waals surface area contributed by atoms with Crippen LogP contribution >= 0.6 is 0 Å². The van der Waals surface area contributed by atoms with E-state index in [1.807, 2.05) is 6.07 Å². The molecule has 0 saturated carbocycles. The van der Waals surface area contributed by atoms with Crippen molar-refractivity contribution in [3.05, 3.63) is 35.6 Å². The average Bonchev–Trinajstić information content (AvgIpc) is 2.67. The van der Waals surface area contributed by atoms with Crippen LogP contribution in [-0.4, -0.2) is 17.1 Å². The molecule has 0 unspecified atom stereocenters. The van der Waals surface area contributed by atoms with E-state index < -0.39 is 5.97 Å². The van der Waals surface area contributed by atoms with Gasteiger partial charge in [-0.25, -0.2) is 4.79 Å². The predicted octanol–water partition coefficient (Wildman–Crippen LogP) is 2.63. The third-order valence-corrected chi connectivity index (χ3v) is 2.50. The van der Waals surface area contributed by atoms with Crippen LogP contribution in [-0.2, 0) is 6.54 Å². The largest absolute Gasteiger partial charge is 0.478 e. The Labute approximate surface area is 99.2 Å². The zero-order valence-electron chi connectivity index (χ0n) is 9.86. The Balaban J connectivity index is 2.27. The highest BCUT2D eigenvalue weighted by Crippen LogP contribution is 2.20. The minimum atomic E-state index is -0.940. The molecule has 0 atom stereocenters. The van der Waals surface area contributed by atoms with Crippen LogP contribution in [0, 0.1) is 0 Å². The number of hydrogen-bond donors (Lipinski definition) is 2. The highest BCUT2D eigenvalue weighted by molar-refractivity contribution is 5.92. The van der Waals surface area contributed by atoms with E-state index in [1.54, 1.807) is 18.2 Å². The molecule has 0 aliphatic rings. The first kappa shape index (κ1) is 11.7. The molecule has 0 spiro atoms. The number of carboxylic acid groups (broad SMARTS) is 1. The number of fused-ring (bicyclic) bond motifs is 1. The lowest BCUT2D eigenvalue weighted by Crippen LogP contribution is -2.21. The number of hydrogen-bond acceptors (Lipinski definition) is 3. The lowest BCUT2D eigenvalue weighted by Gasteiger charge is -2.04. The summed E-state index contributed by atoms with van der Waals surface area (Å²) in [6.07, 6.45) is 0. The number of rotatable bonds is 4. The topological polar surface area (TPSA) is 62.5 Å². The molecule has 0 bridgehead atoms. The van der Waals surface area contributed by atoms with Gasteiger partial charge in [0.25, 0.3) is 0 Å². The van der Waals surface area contributed by atoms with Crippen LogP contribution in [0.15, 0.2) is 28.7 Å². The molecule has 1 aromatic heterocycles. The zero-order chi connectivity index (χ0) is 12.4. The molecule has 1 aromatic carbocycles. The molecule has 0 aliphatic carbocycles. The van der Waals surface area contributed by atoms with Gasteiger partial charge in [-0.05, 0) is 18.2 Å². The van der Waals surface area contributed by atoms with E-state index in [4.69, 9.17) is 9.52 Å². The molecular weight excluding hydrogens is 218 g/mol. The van der Waals surface area contributed by atoms with Crippen molar-refractivity contribution in [2.45, 2.75) is 26.4 Å². The summed E-state index contributed by atoms with van der Waals surface area (Å²) in [6, 6.07) is 7.21. The van der Waals surface area contributed by atoms with Gasteiger partial charge in [0.2, 0.25) is 0 Å². The monoisotopic (exact) mass is 233 g/mol. The molecule has 0 amide bonds. The van der Waals surface area contributed by atoms with Crippen LogP contribution in [0.2, 0.25) is 0 Å². The van der Waals surface area contributed by atoms with Crippen molar-refractivity contribution in [3.63, 3.8) is 0 Å². The Morgan fingerprint density at radius 1 is 1.41 bits per heavy atom. The van der Waals surface area contributed by atoms with Gasteiger partial charge in [-0.2, -0.15) is 0 Å². The second-order valence-electron chi connectivity index (χ2n) is 4.31. The van der Waals surface area contributed by atoms with Crippen molar-refractivity contribution in [2.75, 3.05) is 0 Å². The second kappa shape index (κ2) is 4.59. The van der Waals surface area contributed by atoms with Crippen molar-refractivity contribution in [1.29, 1.82) is 0 Å². The van der Waals surface area contributed by atoms with Crippen molar-refractivity contribution < 1.29 is 14.3 Å². The SMILES string of the molecule is CC(C)NCc1cc2ccc(C(=O)O)cc2o1. The van der Waals surface area contributed by atoms with E-state index in [2.05, 4.69) is 19.2 Å². The molecule has 0 fully saturated rings. The molecule has 1 heterocycles. The van der Waals surface area contributed by atoms with Crippen LogP contribution in [0.4, 0.5) is 0 Å². The molecule has 0 radical (unpaired) electrons. The summed E-state index contributed by atoms with van der Waals surface area (Å²) in [7, 11) is 0. The van der Waals surface area contributed by atoms with Gasteiger partial charge in [-0.15, -0.1) is 0 Å². The first-order valence-corrected chi connectivity index (χ1v) is 5.55. The van der Waals surface area contributed by atoms with E-state index in [0.29, 0.717) is 18.2 Å². The average molecular weight is 233 g/mol. The third kappa shape index (κ3) is 2.65. The van der Waals surface area contributed by atoms with E-state index in [1.165, 1.54) is 0 Å². The number of benzene rings is 1. The molecule has 2 rings (SSSR count). The molecule has 90 valence electrons. The quantitative estimate of drug-likeness (QED) is 0.852. The first-order valence-electron chi connectivity index (χ1n) is 5.55. The molecule has 0 saturated heterocycles. The minimum Gasteiger partial charge on any atom is -0.478 e. The van der Waals surface area contributed by atoms with E-state index >= 15 is 0 Å². The van der Waals surface area contributed by atoms with Gasteiger partial charge in [-0.1, -0.05) is 19.9 Å². The predicted molar refractivity (Wildman–Crippen MR) is 65.1 cm³/mol. The normalized spacial score (nSPS) is 11.2. The van der Waals surface area contributed by atoms with Crippen LogP contribution < -0.4 is 5.32 Å². The Morgan fingerprint density at radius 2 is 2.18 bits per heavy atom. The number of aromatic carboxylic acids is 1. The fourth-order valence-electron chi connectivity index (χ4n) is 1.61. The molecular formula is C13H15NO3. The highest BCUT2D eigenvalue weighted by atomic mass is 16.4. The maximum absolute atomic E-state index is 10.8. The third-order valence-electron chi connectivity index (χ3n) is 2.50. The number of carbonyl (C=O) groups is 1. The van der Waals surface area contributed by atoms with Crippen molar-refractivity contribution in [3.8, 4) is 0 Å². The highest BCUT2D eigenvalue weighted by Gasteiger charge is 2.08. The molecule has 4 heteroatoms. The molecule has 4 nitrogen and oxygen atoms in total. The summed E-state index contributed by atoms with van der Waals surface area (Å²) in [6.45, 7) is 4.77. The fraction of sp³-hybridized carbons (Fsp3) is 0.308. The van der Waals surface area contributed by atoms with Gasteiger partial charge < -0.3 is 14.8 Å². The smallest absolute Gasteiger partial charge is 0.335 e. The van der Waals surface area contributed by atoms with Crippen molar-refractivity contribution in [1.82, 2.24) is 5.32 Å². The molecule has 0 aliphatic heterocycles. The Hall–Kier alpha value is -1.81. The van der Waals surface area contributed by atoms with Gasteiger partial charge in [0.1, 0.15) is 11.3 Å². The maximum Gasteiger partial charge on any atom is 0.335 e. The Bertz CT molecular complexity index is 543. The Morgan fingerprint density at radius 3 is 2.82 bits per heavy atom. The summed E-state index contributed by atoms with van der Waals surface area (Å²) < 4.78 is 5.58. The number of furan rings is 1. The molecule has 17 heavy (non-hydrogen) atoms. The molecule has 2 N–H and O–H groups in total. The van der Waals surface area contributed by atoms with E-state index in [0.717, 1.165) is 11.1 Å². The van der Waals surface area contributed by atoms with Gasteiger partial charge in [0.15, 0.2) is 0 Å². The van der Waals surface area contributed by atoms with Crippen LogP contribution in [0.3, 0.4) is 0 Å². The van der Waals surface area contributed by atoms with Gasteiger partial charge >= 0.3 is 5.97 Å². The lowest BCUT2D eigenvalue weighted by atomic mass is 10.2. The summed E-state index contributed by atoms with van der Waals surface area (Å²) >= 11 is 0. The Kier molecular flexibility index (Phi) is 3.15. The summed E-state index contributed by atoms with van der Waals surface area (Å²) in [5, 5.41) is 13.0. The van der Waals surface area contributed by atoms with Crippen LogP contribution in [0.1, 0.15) is 30.0 Å².